The number of hydrogen-bond donors (Lipinski definition) is 2. The molecule has 1 aromatic heterocycles. The first-order valence-corrected chi connectivity index (χ1v) is 22.4. The molecule has 3 aliphatic rings. The van der Waals surface area contributed by atoms with Crippen molar-refractivity contribution in [3.05, 3.63) is 62.4 Å². The fourth-order valence-electron chi connectivity index (χ4n) is 8.68. The molecule has 2 heterocycles. The minimum absolute atomic E-state index is 0.0634. The van der Waals surface area contributed by atoms with Gasteiger partial charge in [-0.25, -0.2) is 4.79 Å². The summed E-state index contributed by atoms with van der Waals surface area (Å²) in [5, 5.41) is 3.91. The summed E-state index contributed by atoms with van der Waals surface area (Å²) >= 11 is 0. The van der Waals surface area contributed by atoms with Gasteiger partial charge in [-0.2, -0.15) is 0 Å². The van der Waals surface area contributed by atoms with Gasteiger partial charge in [0, 0.05) is 58.3 Å². The molecule has 2 aromatic rings. The highest BCUT2D eigenvalue weighted by Crippen LogP contribution is 2.41. The van der Waals surface area contributed by atoms with E-state index in [2.05, 4.69) is 33.0 Å². The SMILES string of the molecule is COC(OC1CCCCC1)[C@@H]1O[C@@H](n2cc(C)c(=O)n(CCCNC(=O)Cc3ccc([Si](O)(C(C)C)C(C)C)cc3)c2=O)C[C@@H]1OC1(OC)CCCCC1. The molecular formula is C41H65N3O9Si. The molecule has 1 aromatic carbocycles. The van der Waals surface area contributed by atoms with Gasteiger partial charge in [0.1, 0.15) is 12.3 Å². The van der Waals surface area contributed by atoms with Crippen LogP contribution in [0.15, 0.2) is 40.1 Å². The topological polar surface area (TPSA) is 139 Å². The maximum Gasteiger partial charge on any atom is 0.333 e. The number of amides is 1. The van der Waals surface area contributed by atoms with E-state index >= 15 is 0 Å². The normalized spacial score (nSPS) is 22.9. The molecule has 1 saturated heterocycles. The summed E-state index contributed by atoms with van der Waals surface area (Å²) in [6, 6.07) is 7.75. The van der Waals surface area contributed by atoms with Gasteiger partial charge in [0.2, 0.25) is 14.2 Å². The first kappa shape index (κ1) is 42.5. The van der Waals surface area contributed by atoms with Gasteiger partial charge >= 0.3 is 5.69 Å². The molecule has 13 heteroatoms. The van der Waals surface area contributed by atoms with Crippen LogP contribution in [0.2, 0.25) is 11.1 Å². The molecule has 2 saturated carbocycles. The first-order valence-electron chi connectivity index (χ1n) is 20.3. The van der Waals surface area contributed by atoms with Gasteiger partial charge in [-0.15, -0.1) is 0 Å². The van der Waals surface area contributed by atoms with Crippen molar-refractivity contribution in [3.8, 4) is 0 Å². The molecule has 12 nitrogen and oxygen atoms in total. The second-order valence-electron chi connectivity index (χ2n) is 16.3. The Hall–Kier alpha value is -2.65. The van der Waals surface area contributed by atoms with Crippen LogP contribution in [0.4, 0.5) is 0 Å². The van der Waals surface area contributed by atoms with E-state index in [1.165, 1.54) is 15.6 Å². The number of benzene rings is 1. The van der Waals surface area contributed by atoms with E-state index < -0.39 is 44.5 Å². The van der Waals surface area contributed by atoms with Gasteiger partial charge in [-0.05, 0) is 60.9 Å². The number of ether oxygens (including phenoxy) is 5. The number of hydrogen-bond acceptors (Lipinski definition) is 9. The Kier molecular flexibility index (Phi) is 14.9. The first-order chi connectivity index (χ1) is 25.8. The van der Waals surface area contributed by atoms with Crippen LogP contribution in [0.25, 0.3) is 0 Å². The van der Waals surface area contributed by atoms with Crippen molar-refractivity contribution in [2.45, 2.75) is 172 Å². The Bertz CT molecular complexity index is 1620. The summed E-state index contributed by atoms with van der Waals surface area (Å²) in [5.41, 5.74) is 0.775. The highest BCUT2D eigenvalue weighted by molar-refractivity contribution is 6.87. The number of aryl methyl sites for hydroxylation is 1. The zero-order valence-electron chi connectivity index (χ0n) is 33.6. The molecule has 1 aliphatic heterocycles. The standard InChI is InChI=1S/C41H65N3O9Si/c1-28(2)54(48,29(3)4)33-19-17-31(18-20-33)25-35(45)42-23-14-24-43-38(46)30(5)27-44(40(43)47)36-26-34(53-41(50-7)21-12-9-13-22-41)37(52-36)39(49-6)51-32-15-10-8-11-16-32/h17-20,27-29,32,34,36-37,39,48H,8-16,21-26H2,1-7H3,(H,42,45)/t34-,36+,37+,39?/m0/s1. The Balaban J connectivity index is 1.25. The summed E-state index contributed by atoms with van der Waals surface area (Å²) in [6.45, 7) is 10.4. The quantitative estimate of drug-likeness (QED) is 0.124. The summed E-state index contributed by atoms with van der Waals surface area (Å²) < 4.78 is 34.5. The second-order valence-corrected chi connectivity index (χ2v) is 20.8. The lowest BCUT2D eigenvalue weighted by atomic mass is 9.93. The van der Waals surface area contributed by atoms with Crippen molar-refractivity contribution in [1.82, 2.24) is 14.5 Å². The third kappa shape index (κ3) is 9.83. The van der Waals surface area contributed by atoms with E-state index in [1.807, 2.05) is 24.3 Å². The fraction of sp³-hybridized carbons (Fsp3) is 0.732. The number of methoxy groups -OCH3 is 2. The van der Waals surface area contributed by atoms with Gasteiger partial charge in [0.05, 0.1) is 18.6 Å². The Morgan fingerprint density at radius 2 is 1.65 bits per heavy atom. The van der Waals surface area contributed by atoms with Crippen LogP contribution in [0, 0.1) is 6.92 Å². The monoisotopic (exact) mass is 771 g/mol. The minimum Gasteiger partial charge on any atom is -0.427 e. The molecule has 2 N–H and O–H groups in total. The van der Waals surface area contributed by atoms with E-state index in [0.29, 0.717) is 24.9 Å². The van der Waals surface area contributed by atoms with E-state index in [0.717, 1.165) is 68.5 Å². The van der Waals surface area contributed by atoms with Crippen LogP contribution >= 0.6 is 0 Å². The van der Waals surface area contributed by atoms with Gasteiger partial charge in [0.25, 0.3) is 5.56 Å². The van der Waals surface area contributed by atoms with Crippen molar-refractivity contribution in [3.63, 3.8) is 0 Å². The molecule has 0 spiro atoms. The third-order valence-corrected chi connectivity index (χ3v) is 16.7. The summed E-state index contributed by atoms with van der Waals surface area (Å²) in [7, 11) is 0.648. The highest BCUT2D eigenvalue weighted by atomic mass is 28.4. The van der Waals surface area contributed by atoms with E-state index in [-0.39, 0.29) is 41.6 Å². The van der Waals surface area contributed by atoms with E-state index in [9.17, 15) is 19.2 Å². The molecule has 1 amide bonds. The predicted molar refractivity (Wildman–Crippen MR) is 210 cm³/mol. The number of aromatic nitrogens is 2. The zero-order valence-corrected chi connectivity index (χ0v) is 34.6. The number of nitrogens with zero attached hydrogens (tertiary/aromatic N) is 2. The lowest BCUT2D eigenvalue weighted by molar-refractivity contribution is -0.291. The fourth-order valence-corrected chi connectivity index (χ4v) is 12.1. The number of nitrogens with one attached hydrogen (secondary N) is 1. The lowest BCUT2D eigenvalue weighted by Crippen LogP contribution is -2.53. The third-order valence-electron chi connectivity index (χ3n) is 11.9. The second kappa shape index (κ2) is 19.0. The maximum absolute atomic E-state index is 14.0. The largest absolute Gasteiger partial charge is 0.427 e. The van der Waals surface area contributed by atoms with E-state index in [4.69, 9.17) is 23.7 Å². The van der Waals surface area contributed by atoms with Gasteiger partial charge in [0.15, 0.2) is 12.1 Å². The molecule has 4 atom stereocenters. The molecule has 54 heavy (non-hydrogen) atoms. The van der Waals surface area contributed by atoms with Crippen molar-refractivity contribution < 1.29 is 33.3 Å². The Morgan fingerprint density at radius 3 is 2.26 bits per heavy atom. The van der Waals surface area contributed by atoms with Crippen LogP contribution < -0.4 is 21.8 Å². The molecule has 2 aliphatic carbocycles. The van der Waals surface area contributed by atoms with Gasteiger partial charge in [-0.1, -0.05) is 77.6 Å². The van der Waals surface area contributed by atoms with Crippen LogP contribution in [-0.4, -0.2) is 79.3 Å². The van der Waals surface area contributed by atoms with Crippen LogP contribution in [0.3, 0.4) is 0 Å². The summed E-state index contributed by atoms with van der Waals surface area (Å²) in [4.78, 5) is 51.6. The maximum atomic E-state index is 14.0. The van der Waals surface area contributed by atoms with Gasteiger partial charge in [-0.3, -0.25) is 18.7 Å². The number of rotatable bonds is 17. The predicted octanol–water partition coefficient (Wildman–Crippen LogP) is 5.33. The van der Waals surface area contributed by atoms with Crippen LogP contribution in [0.5, 0.6) is 0 Å². The Labute approximate surface area is 322 Å². The molecule has 3 fully saturated rings. The molecule has 5 rings (SSSR count). The average Bonchev–Trinajstić information content (AvgIpc) is 3.58. The van der Waals surface area contributed by atoms with E-state index in [1.54, 1.807) is 27.3 Å². The smallest absolute Gasteiger partial charge is 0.333 e. The zero-order chi connectivity index (χ0) is 39.0. The Morgan fingerprint density at radius 1 is 1.00 bits per heavy atom. The van der Waals surface area contributed by atoms with Crippen molar-refractivity contribution in [2.75, 3.05) is 20.8 Å². The molecule has 0 radical (unpaired) electrons. The highest BCUT2D eigenvalue weighted by Gasteiger charge is 2.48. The molecule has 302 valence electrons. The van der Waals surface area contributed by atoms with Crippen LogP contribution in [-0.2, 0) is 41.4 Å². The minimum atomic E-state index is -2.65. The van der Waals surface area contributed by atoms with Crippen molar-refractivity contribution >= 4 is 19.4 Å². The average molecular weight is 772 g/mol. The molecular weight excluding hydrogens is 707 g/mol. The molecule has 1 unspecified atom stereocenters. The van der Waals surface area contributed by atoms with Crippen molar-refractivity contribution in [1.29, 1.82) is 0 Å². The van der Waals surface area contributed by atoms with Crippen LogP contribution in [0.1, 0.15) is 122 Å². The number of carbonyl (C=O) groups is 1. The lowest BCUT2D eigenvalue weighted by Gasteiger charge is -2.40. The van der Waals surface area contributed by atoms with Crippen molar-refractivity contribution in [2.24, 2.45) is 0 Å². The van der Waals surface area contributed by atoms with Gasteiger partial charge < -0.3 is 33.8 Å². The summed E-state index contributed by atoms with van der Waals surface area (Å²) in [5.74, 6) is -0.895. The molecule has 0 bridgehead atoms. The number of carbonyl (C=O) groups excluding carboxylic acids is 1. The summed E-state index contributed by atoms with van der Waals surface area (Å²) in [6.07, 6.45) is 10.1.